The van der Waals surface area contributed by atoms with Crippen molar-refractivity contribution in [3.8, 4) is 0 Å². The van der Waals surface area contributed by atoms with E-state index < -0.39 is 27.3 Å². The largest absolute Gasteiger partial charge is 0.347 e. The second-order valence-electron chi connectivity index (χ2n) is 5.33. The molecular formula is C12H17FN2O3S. The number of amides is 1. The molecular weight excluding hydrogens is 271 g/mol. The number of nitrogens with two attached hydrogens (primary N) is 1. The summed E-state index contributed by atoms with van der Waals surface area (Å²) in [7, 11) is -4.08. The van der Waals surface area contributed by atoms with Gasteiger partial charge in [0.15, 0.2) is 0 Å². The molecule has 1 rings (SSSR count). The lowest BCUT2D eigenvalue weighted by Crippen LogP contribution is -2.41. The van der Waals surface area contributed by atoms with Gasteiger partial charge in [-0.3, -0.25) is 4.79 Å². The molecule has 7 heteroatoms. The van der Waals surface area contributed by atoms with Crippen LogP contribution in [0.1, 0.15) is 36.7 Å². The van der Waals surface area contributed by atoms with Crippen LogP contribution in [0.5, 0.6) is 0 Å². The van der Waals surface area contributed by atoms with Crippen molar-refractivity contribution >= 4 is 15.9 Å². The van der Waals surface area contributed by atoms with E-state index in [1.54, 1.807) is 20.8 Å². The lowest BCUT2D eigenvalue weighted by atomic mass is 10.0. The molecule has 0 aromatic heterocycles. The summed E-state index contributed by atoms with van der Waals surface area (Å²) in [4.78, 5) is 11.6. The Kier molecular flexibility index (Phi) is 4.02. The zero-order valence-electron chi connectivity index (χ0n) is 11.2. The Morgan fingerprint density at radius 3 is 2.26 bits per heavy atom. The molecule has 0 aliphatic carbocycles. The number of hydrogen-bond acceptors (Lipinski definition) is 3. The van der Waals surface area contributed by atoms with Crippen LogP contribution in [0.15, 0.2) is 17.0 Å². The van der Waals surface area contributed by atoms with Crippen LogP contribution in [0.2, 0.25) is 0 Å². The minimum Gasteiger partial charge on any atom is -0.347 e. The van der Waals surface area contributed by atoms with Crippen LogP contribution in [0.3, 0.4) is 0 Å². The number of carbonyl (C=O) groups excluding carboxylic acids is 1. The number of benzene rings is 1. The summed E-state index contributed by atoms with van der Waals surface area (Å²) in [6, 6.07) is 1.80. The third-order valence-corrected chi connectivity index (χ3v) is 3.40. The number of primary sulfonamides is 1. The Labute approximate surface area is 112 Å². The zero-order chi connectivity index (χ0) is 15.0. The lowest BCUT2D eigenvalue weighted by Gasteiger charge is -2.21. The molecule has 0 fully saturated rings. The van der Waals surface area contributed by atoms with Crippen molar-refractivity contribution in [2.24, 2.45) is 5.14 Å². The van der Waals surface area contributed by atoms with Gasteiger partial charge in [-0.05, 0) is 45.4 Å². The first-order chi connectivity index (χ1) is 8.42. The number of carbonyl (C=O) groups is 1. The molecule has 0 bridgehead atoms. The summed E-state index contributed by atoms with van der Waals surface area (Å²) < 4.78 is 36.1. The minimum atomic E-state index is -4.08. The van der Waals surface area contributed by atoms with E-state index in [-0.39, 0.29) is 16.0 Å². The maximum atomic E-state index is 13.4. The molecule has 0 atom stereocenters. The molecule has 1 aromatic rings. The average molecular weight is 288 g/mol. The molecule has 0 aliphatic heterocycles. The molecule has 5 nitrogen and oxygen atoms in total. The van der Waals surface area contributed by atoms with Crippen molar-refractivity contribution in [3.63, 3.8) is 0 Å². The number of hydrogen-bond donors (Lipinski definition) is 2. The molecule has 0 saturated heterocycles. The van der Waals surface area contributed by atoms with Crippen LogP contribution >= 0.6 is 0 Å². The molecule has 0 spiro atoms. The fourth-order valence-corrected chi connectivity index (χ4v) is 2.41. The second-order valence-corrected chi connectivity index (χ2v) is 6.86. The molecule has 1 amide bonds. The normalized spacial score (nSPS) is 12.3. The third-order valence-electron chi connectivity index (χ3n) is 2.36. The maximum Gasteiger partial charge on any atom is 0.252 e. The van der Waals surface area contributed by atoms with Gasteiger partial charge in [0.05, 0.1) is 4.90 Å². The Balaban J connectivity index is 3.38. The van der Waals surface area contributed by atoms with Gasteiger partial charge in [-0.1, -0.05) is 0 Å². The first-order valence-corrected chi connectivity index (χ1v) is 7.12. The Morgan fingerprint density at radius 2 is 1.84 bits per heavy atom. The van der Waals surface area contributed by atoms with E-state index in [2.05, 4.69) is 5.32 Å². The highest BCUT2D eigenvalue weighted by molar-refractivity contribution is 7.89. The van der Waals surface area contributed by atoms with Gasteiger partial charge in [0.25, 0.3) is 5.91 Å². The predicted octanol–water partition coefficient (Wildman–Crippen LogP) is 1.31. The molecule has 0 saturated carbocycles. The molecule has 1 aromatic carbocycles. The first kappa shape index (κ1) is 15.6. The van der Waals surface area contributed by atoms with Gasteiger partial charge in [-0.25, -0.2) is 17.9 Å². The summed E-state index contributed by atoms with van der Waals surface area (Å²) in [6.07, 6.45) is 0. The zero-order valence-corrected chi connectivity index (χ0v) is 12.1. The smallest absolute Gasteiger partial charge is 0.252 e. The quantitative estimate of drug-likeness (QED) is 0.859. The van der Waals surface area contributed by atoms with Gasteiger partial charge in [0.1, 0.15) is 5.82 Å². The first-order valence-electron chi connectivity index (χ1n) is 5.57. The molecule has 19 heavy (non-hydrogen) atoms. The van der Waals surface area contributed by atoms with Gasteiger partial charge >= 0.3 is 0 Å². The fourth-order valence-electron chi connectivity index (χ4n) is 1.59. The molecule has 0 unspecified atom stereocenters. The van der Waals surface area contributed by atoms with Crippen LogP contribution in [0, 0.1) is 12.7 Å². The van der Waals surface area contributed by atoms with E-state index in [0.29, 0.717) is 0 Å². The van der Waals surface area contributed by atoms with Crippen LogP contribution < -0.4 is 10.5 Å². The minimum absolute atomic E-state index is 0.0426. The predicted molar refractivity (Wildman–Crippen MR) is 69.7 cm³/mol. The van der Waals surface area contributed by atoms with Gasteiger partial charge in [-0.15, -0.1) is 0 Å². The topological polar surface area (TPSA) is 89.3 Å². The molecule has 106 valence electrons. The monoisotopic (exact) mass is 288 g/mol. The van der Waals surface area contributed by atoms with E-state index in [0.717, 1.165) is 12.1 Å². The van der Waals surface area contributed by atoms with Crippen molar-refractivity contribution < 1.29 is 17.6 Å². The van der Waals surface area contributed by atoms with Gasteiger partial charge in [0, 0.05) is 11.1 Å². The molecule has 0 heterocycles. The summed E-state index contributed by atoms with van der Waals surface area (Å²) in [5, 5.41) is 7.64. The molecule has 3 N–H and O–H groups in total. The van der Waals surface area contributed by atoms with E-state index >= 15 is 0 Å². The highest BCUT2D eigenvalue weighted by Gasteiger charge is 2.22. The number of sulfonamides is 1. The summed E-state index contributed by atoms with van der Waals surface area (Å²) in [5.74, 6) is -1.37. The Hall–Kier alpha value is -1.47. The van der Waals surface area contributed by atoms with Crippen molar-refractivity contribution in [2.45, 2.75) is 38.1 Å². The van der Waals surface area contributed by atoms with Crippen LogP contribution in [-0.4, -0.2) is 19.9 Å². The Bertz CT molecular complexity index is 619. The maximum absolute atomic E-state index is 13.4. The Morgan fingerprint density at radius 1 is 1.32 bits per heavy atom. The third kappa shape index (κ3) is 4.00. The van der Waals surface area contributed by atoms with Crippen molar-refractivity contribution in [2.75, 3.05) is 0 Å². The van der Waals surface area contributed by atoms with Gasteiger partial charge in [0.2, 0.25) is 10.0 Å². The summed E-state index contributed by atoms with van der Waals surface area (Å²) >= 11 is 0. The second kappa shape index (κ2) is 4.90. The standard InChI is InChI=1S/C12H17FN2O3S/c1-7-9(11(16)15-12(2,3)4)5-8(13)6-10(7)19(14,17)18/h5-6H,1-4H3,(H,15,16)(H2,14,17,18). The summed E-state index contributed by atoms with van der Waals surface area (Å²) in [5.41, 5.74) is -0.429. The highest BCUT2D eigenvalue weighted by Crippen LogP contribution is 2.20. The molecule has 0 radical (unpaired) electrons. The highest BCUT2D eigenvalue weighted by atomic mass is 32.2. The fraction of sp³-hybridized carbons (Fsp3) is 0.417. The van der Waals surface area contributed by atoms with E-state index in [1.807, 2.05) is 0 Å². The van der Waals surface area contributed by atoms with Crippen molar-refractivity contribution in [1.82, 2.24) is 5.32 Å². The van der Waals surface area contributed by atoms with Crippen LogP contribution in [0.25, 0.3) is 0 Å². The molecule has 0 aliphatic rings. The summed E-state index contributed by atoms with van der Waals surface area (Å²) in [6.45, 7) is 6.71. The van der Waals surface area contributed by atoms with Crippen molar-refractivity contribution in [1.29, 1.82) is 0 Å². The van der Waals surface area contributed by atoms with Crippen LogP contribution in [0.4, 0.5) is 4.39 Å². The number of rotatable bonds is 2. The number of halogens is 1. The van der Waals surface area contributed by atoms with Gasteiger partial charge in [-0.2, -0.15) is 0 Å². The van der Waals surface area contributed by atoms with Crippen LogP contribution in [-0.2, 0) is 10.0 Å². The van der Waals surface area contributed by atoms with E-state index in [4.69, 9.17) is 5.14 Å². The van der Waals surface area contributed by atoms with Crippen molar-refractivity contribution in [3.05, 3.63) is 29.1 Å². The van der Waals surface area contributed by atoms with E-state index in [1.165, 1.54) is 6.92 Å². The SMILES string of the molecule is Cc1c(C(=O)NC(C)(C)C)cc(F)cc1S(N)(=O)=O. The lowest BCUT2D eigenvalue weighted by molar-refractivity contribution is 0.0918. The van der Waals surface area contributed by atoms with E-state index in [9.17, 15) is 17.6 Å². The van der Waals surface area contributed by atoms with Gasteiger partial charge < -0.3 is 5.32 Å². The number of nitrogens with one attached hydrogen (secondary N) is 1. The average Bonchev–Trinajstić information content (AvgIpc) is 2.16.